The van der Waals surface area contributed by atoms with Gasteiger partial charge in [0.1, 0.15) is 23.9 Å². The highest BCUT2D eigenvalue weighted by molar-refractivity contribution is 6.26. The molecule has 1 saturated heterocycles. The van der Waals surface area contributed by atoms with E-state index in [-0.39, 0.29) is 11.7 Å². The molecule has 2 aliphatic rings. The minimum atomic E-state index is -0.178. The average molecular weight is 587 g/mol. The minimum Gasteiger partial charge on any atom is -0.497 e. The van der Waals surface area contributed by atoms with Gasteiger partial charge in [-0.1, -0.05) is 30.7 Å². The van der Waals surface area contributed by atoms with Gasteiger partial charge in [-0.2, -0.15) is 0 Å². The number of likely N-dealkylation sites (tertiary alicyclic amines) is 1. The van der Waals surface area contributed by atoms with Crippen molar-refractivity contribution in [2.45, 2.75) is 19.3 Å². The molecule has 0 bridgehead atoms. The molecule has 0 spiro atoms. The van der Waals surface area contributed by atoms with E-state index in [9.17, 15) is 9.59 Å². The molecule has 7 heteroatoms. The molecule has 0 aliphatic carbocycles. The summed E-state index contributed by atoms with van der Waals surface area (Å²) in [4.78, 5) is 30.6. The van der Waals surface area contributed by atoms with E-state index in [1.54, 1.807) is 24.9 Å². The van der Waals surface area contributed by atoms with E-state index in [1.165, 1.54) is 19.3 Å². The summed E-state index contributed by atoms with van der Waals surface area (Å²) in [6.07, 6.45) is 3.81. The molecule has 7 nitrogen and oxygen atoms in total. The number of rotatable bonds is 9. The van der Waals surface area contributed by atoms with Crippen molar-refractivity contribution in [2.24, 2.45) is 0 Å². The second-order valence-corrected chi connectivity index (χ2v) is 11.3. The van der Waals surface area contributed by atoms with Crippen LogP contribution in [-0.2, 0) is 0 Å². The fourth-order valence-corrected chi connectivity index (χ4v) is 6.42. The number of ether oxygens (including phenoxy) is 3. The van der Waals surface area contributed by atoms with Gasteiger partial charge in [-0.3, -0.25) is 19.1 Å². The van der Waals surface area contributed by atoms with Gasteiger partial charge in [-0.05, 0) is 97.7 Å². The van der Waals surface area contributed by atoms with Crippen molar-refractivity contribution in [3.05, 3.63) is 102 Å². The van der Waals surface area contributed by atoms with E-state index in [0.29, 0.717) is 40.3 Å². The van der Waals surface area contributed by atoms with Crippen LogP contribution in [0.5, 0.6) is 17.2 Å². The van der Waals surface area contributed by atoms with Crippen LogP contribution in [0.4, 0.5) is 0 Å². The number of nitrogens with zero attached hydrogens (tertiary/aromatic N) is 2. The zero-order chi connectivity index (χ0) is 30.2. The van der Waals surface area contributed by atoms with Gasteiger partial charge in [0.2, 0.25) is 0 Å². The summed E-state index contributed by atoms with van der Waals surface area (Å²) in [5.41, 5.74) is 5.51. The summed E-state index contributed by atoms with van der Waals surface area (Å²) >= 11 is 0. The molecular formula is C37H34N2O5. The van der Waals surface area contributed by atoms with Crippen LogP contribution in [0.25, 0.3) is 33.3 Å². The van der Waals surface area contributed by atoms with Crippen LogP contribution in [0.15, 0.2) is 84.9 Å². The third kappa shape index (κ3) is 4.93. The molecule has 222 valence electrons. The van der Waals surface area contributed by atoms with Gasteiger partial charge in [-0.25, -0.2) is 0 Å². The molecule has 5 aromatic rings. The van der Waals surface area contributed by atoms with Gasteiger partial charge in [0.15, 0.2) is 5.78 Å². The third-order valence-corrected chi connectivity index (χ3v) is 8.78. The van der Waals surface area contributed by atoms with E-state index in [0.717, 1.165) is 53.2 Å². The van der Waals surface area contributed by atoms with Crippen molar-refractivity contribution >= 4 is 22.6 Å². The largest absolute Gasteiger partial charge is 0.497 e. The van der Waals surface area contributed by atoms with Gasteiger partial charge in [-0.15, -0.1) is 0 Å². The van der Waals surface area contributed by atoms with E-state index in [1.807, 2.05) is 78.9 Å². The smallest absolute Gasteiger partial charge is 0.263 e. The number of aromatic nitrogens is 1. The number of hydrogen-bond acceptors (Lipinski definition) is 6. The maximum absolute atomic E-state index is 14.3. The quantitative estimate of drug-likeness (QED) is 0.169. The molecule has 44 heavy (non-hydrogen) atoms. The lowest BCUT2D eigenvalue weighted by Crippen LogP contribution is -2.33. The van der Waals surface area contributed by atoms with Crippen LogP contribution in [-0.4, -0.2) is 61.6 Å². The summed E-state index contributed by atoms with van der Waals surface area (Å²) in [5.74, 6) is 1.78. The van der Waals surface area contributed by atoms with Crippen molar-refractivity contribution in [1.29, 1.82) is 0 Å². The first-order valence-corrected chi connectivity index (χ1v) is 15.1. The van der Waals surface area contributed by atoms with Gasteiger partial charge in [0.05, 0.1) is 36.6 Å². The Bertz CT molecular complexity index is 1870. The zero-order valence-corrected chi connectivity index (χ0v) is 25.0. The van der Waals surface area contributed by atoms with Gasteiger partial charge in [0, 0.05) is 23.1 Å². The molecule has 4 aromatic carbocycles. The molecule has 2 aliphatic heterocycles. The Morgan fingerprint density at radius 1 is 0.727 bits per heavy atom. The third-order valence-electron chi connectivity index (χ3n) is 8.78. The molecule has 0 atom stereocenters. The number of carbonyl (C=O) groups excluding carboxylic acids is 2. The average Bonchev–Trinajstić information content (AvgIpc) is 3.56. The number of carbonyl (C=O) groups is 2. The second-order valence-electron chi connectivity index (χ2n) is 11.3. The predicted molar refractivity (Wildman–Crippen MR) is 171 cm³/mol. The number of hydrogen-bond donors (Lipinski definition) is 0. The molecular weight excluding hydrogens is 552 g/mol. The highest BCUT2D eigenvalue weighted by Crippen LogP contribution is 2.44. The number of benzene rings is 4. The van der Waals surface area contributed by atoms with Crippen molar-refractivity contribution in [3.8, 4) is 39.6 Å². The van der Waals surface area contributed by atoms with Gasteiger partial charge >= 0.3 is 0 Å². The van der Waals surface area contributed by atoms with Crippen LogP contribution in [0.1, 0.15) is 45.5 Å². The van der Waals surface area contributed by atoms with Crippen LogP contribution >= 0.6 is 0 Å². The second kappa shape index (κ2) is 11.7. The van der Waals surface area contributed by atoms with E-state index >= 15 is 0 Å². The Kier molecular flexibility index (Phi) is 7.40. The Hall–Kier alpha value is -4.88. The van der Waals surface area contributed by atoms with Gasteiger partial charge in [0.25, 0.3) is 5.91 Å². The Morgan fingerprint density at radius 2 is 1.41 bits per heavy atom. The summed E-state index contributed by atoms with van der Waals surface area (Å²) in [6, 6.07) is 26.5. The summed E-state index contributed by atoms with van der Waals surface area (Å²) < 4.78 is 18.4. The first-order chi connectivity index (χ1) is 21.6. The van der Waals surface area contributed by atoms with E-state index in [4.69, 9.17) is 14.2 Å². The Balaban J connectivity index is 1.26. The Labute approximate surface area is 256 Å². The van der Waals surface area contributed by atoms with Crippen molar-refractivity contribution < 1.29 is 23.8 Å². The van der Waals surface area contributed by atoms with Gasteiger partial charge < -0.3 is 14.2 Å². The first kappa shape index (κ1) is 27.9. The summed E-state index contributed by atoms with van der Waals surface area (Å²) in [5, 5.41) is 0.735. The topological polar surface area (TPSA) is 70.0 Å². The fourth-order valence-electron chi connectivity index (χ4n) is 6.42. The zero-order valence-electron chi connectivity index (χ0n) is 25.0. The lowest BCUT2D eigenvalue weighted by atomic mass is 9.95. The number of fused-ring (bicyclic) bond motifs is 5. The summed E-state index contributed by atoms with van der Waals surface area (Å²) in [7, 11) is 3.22. The molecule has 3 heterocycles. The van der Waals surface area contributed by atoms with Crippen molar-refractivity contribution in [1.82, 2.24) is 9.47 Å². The van der Waals surface area contributed by atoms with Crippen molar-refractivity contribution in [3.63, 3.8) is 0 Å². The van der Waals surface area contributed by atoms with Crippen LogP contribution in [0, 0.1) is 0 Å². The monoisotopic (exact) mass is 586 g/mol. The van der Waals surface area contributed by atoms with Crippen molar-refractivity contribution in [2.75, 3.05) is 40.5 Å². The summed E-state index contributed by atoms with van der Waals surface area (Å²) in [6.45, 7) is 3.78. The van der Waals surface area contributed by atoms with Crippen LogP contribution in [0.3, 0.4) is 0 Å². The lowest BCUT2D eigenvalue weighted by Gasteiger charge is -2.26. The molecule has 0 N–H and O–H groups in total. The number of methoxy groups -OCH3 is 2. The molecule has 0 saturated carbocycles. The number of ketones is 1. The predicted octanol–water partition coefficient (Wildman–Crippen LogP) is 7.09. The van der Waals surface area contributed by atoms with Crippen LogP contribution in [0.2, 0.25) is 0 Å². The molecule has 1 fully saturated rings. The van der Waals surface area contributed by atoms with E-state index in [2.05, 4.69) is 4.90 Å². The minimum absolute atomic E-state index is 0.141. The highest BCUT2D eigenvalue weighted by Gasteiger charge is 2.35. The SMILES string of the molecule is COc1ccc(-c2ccc3c(C(=O)c4ccc(OCCN5CCCCC5)cc4)c4n(c3c2)C(=O)c2cc(OC)ccc2-4)cc1. The maximum Gasteiger partial charge on any atom is 0.263 e. The molecule has 0 unspecified atom stereocenters. The highest BCUT2D eigenvalue weighted by atomic mass is 16.5. The number of piperidine rings is 1. The molecule has 0 radical (unpaired) electrons. The normalized spacial score (nSPS) is 14.4. The Morgan fingerprint density at radius 3 is 2.14 bits per heavy atom. The first-order valence-electron chi connectivity index (χ1n) is 15.1. The fraction of sp³-hybridized carbons (Fsp3) is 0.243. The molecule has 1 aromatic heterocycles. The van der Waals surface area contributed by atoms with E-state index < -0.39 is 0 Å². The lowest BCUT2D eigenvalue weighted by molar-refractivity contribution is 0.0973. The van der Waals surface area contributed by atoms with Crippen LogP contribution < -0.4 is 14.2 Å². The molecule has 0 amide bonds. The standard InChI is InChI=1S/C37H34N2O5/c1-42-27-11-6-24(7-12-27)26-10-16-31-33(22-26)39-35(30-17-15-29(43-2)23-32(30)37(39)41)34(31)36(40)25-8-13-28(14-9-25)44-21-20-38-18-4-3-5-19-38/h6-17,22-23H,3-5,18-21H2,1-2H3. The maximum atomic E-state index is 14.3. The molecule has 7 rings (SSSR count).